The SMILES string of the molecule is CC(=O)N1CCNC(CN2CCN(c3ccccc3/C=C/C(=O)NO)CC2)C1. The molecular formula is C20H29N5O3. The van der Waals surface area contributed by atoms with Crippen LogP contribution in [-0.4, -0.2) is 85.2 Å². The summed E-state index contributed by atoms with van der Waals surface area (Å²) in [6, 6.07) is 8.26. The number of amides is 2. The number of hydrogen-bond donors (Lipinski definition) is 3. The third-order valence-electron chi connectivity index (χ3n) is 5.35. The van der Waals surface area contributed by atoms with Gasteiger partial charge in [0.25, 0.3) is 5.91 Å². The molecule has 1 aromatic carbocycles. The summed E-state index contributed by atoms with van der Waals surface area (Å²) in [6.45, 7) is 8.70. The van der Waals surface area contributed by atoms with Gasteiger partial charge in [0, 0.05) is 77.1 Å². The lowest BCUT2D eigenvalue weighted by atomic mass is 10.1. The molecule has 3 N–H and O–H groups in total. The largest absolute Gasteiger partial charge is 0.368 e. The van der Waals surface area contributed by atoms with E-state index in [0.717, 1.165) is 63.6 Å². The van der Waals surface area contributed by atoms with Gasteiger partial charge in [-0.3, -0.25) is 19.7 Å². The van der Waals surface area contributed by atoms with E-state index in [1.54, 1.807) is 18.5 Å². The minimum atomic E-state index is -0.542. The van der Waals surface area contributed by atoms with Crippen LogP contribution in [0.3, 0.4) is 0 Å². The second-order valence-electron chi connectivity index (χ2n) is 7.27. The quantitative estimate of drug-likeness (QED) is 0.379. The van der Waals surface area contributed by atoms with E-state index in [9.17, 15) is 9.59 Å². The summed E-state index contributed by atoms with van der Waals surface area (Å²) in [5.41, 5.74) is 3.65. The number of carbonyl (C=O) groups is 2. The Morgan fingerprint density at radius 1 is 1.21 bits per heavy atom. The molecule has 2 aliphatic rings. The van der Waals surface area contributed by atoms with Gasteiger partial charge in [0.1, 0.15) is 0 Å². The normalized spacial score (nSPS) is 21.1. The number of benzene rings is 1. The lowest BCUT2D eigenvalue weighted by Crippen LogP contribution is -2.58. The van der Waals surface area contributed by atoms with Gasteiger partial charge in [0.05, 0.1) is 0 Å². The first-order chi connectivity index (χ1) is 13.6. The number of para-hydroxylation sites is 1. The van der Waals surface area contributed by atoms with E-state index in [0.29, 0.717) is 6.04 Å². The zero-order valence-corrected chi connectivity index (χ0v) is 16.3. The highest BCUT2D eigenvalue weighted by atomic mass is 16.5. The molecule has 0 aliphatic carbocycles. The Morgan fingerprint density at radius 2 is 1.96 bits per heavy atom. The van der Waals surface area contributed by atoms with Crippen molar-refractivity contribution in [3.63, 3.8) is 0 Å². The molecule has 28 heavy (non-hydrogen) atoms. The van der Waals surface area contributed by atoms with Crippen LogP contribution in [0, 0.1) is 0 Å². The number of carbonyl (C=O) groups excluding carboxylic acids is 2. The fraction of sp³-hybridized carbons (Fsp3) is 0.500. The summed E-state index contributed by atoms with van der Waals surface area (Å²) in [4.78, 5) is 29.6. The molecule has 0 radical (unpaired) electrons. The minimum Gasteiger partial charge on any atom is -0.368 e. The highest BCUT2D eigenvalue weighted by molar-refractivity contribution is 5.91. The zero-order chi connectivity index (χ0) is 19.9. The summed E-state index contributed by atoms with van der Waals surface area (Å²) >= 11 is 0. The predicted octanol–water partition coefficient (Wildman–Crippen LogP) is 0.148. The maximum atomic E-state index is 11.6. The molecule has 1 atom stereocenters. The maximum Gasteiger partial charge on any atom is 0.267 e. The van der Waals surface area contributed by atoms with Crippen molar-refractivity contribution in [2.75, 3.05) is 57.3 Å². The highest BCUT2D eigenvalue weighted by Gasteiger charge is 2.25. The number of hydroxylamine groups is 1. The third kappa shape index (κ3) is 5.31. The molecule has 1 unspecified atom stereocenters. The van der Waals surface area contributed by atoms with E-state index in [2.05, 4.69) is 21.2 Å². The van der Waals surface area contributed by atoms with Crippen LogP contribution in [0.5, 0.6) is 0 Å². The fourth-order valence-electron chi connectivity index (χ4n) is 3.84. The molecule has 0 spiro atoms. The average molecular weight is 387 g/mol. The molecule has 8 nitrogen and oxygen atoms in total. The highest BCUT2D eigenvalue weighted by Crippen LogP contribution is 2.23. The summed E-state index contributed by atoms with van der Waals surface area (Å²) in [5, 5.41) is 12.2. The lowest BCUT2D eigenvalue weighted by Gasteiger charge is -2.40. The molecule has 2 heterocycles. The Labute approximate surface area is 165 Å². The standard InChI is InChI=1S/C20H29N5O3/c1-16(26)25-9-8-21-18(15-25)14-23-10-12-24(13-11-23)19-5-3-2-4-17(19)6-7-20(27)22-28/h2-7,18,21,28H,8-15H2,1H3,(H,22,27)/b7-6+. The van der Waals surface area contributed by atoms with Gasteiger partial charge >= 0.3 is 0 Å². The molecule has 2 aliphatic heterocycles. The van der Waals surface area contributed by atoms with Crippen LogP contribution < -0.4 is 15.7 Å². The summed E-state index contributed by atoms with van der Waals surface area (Å²) in [5.74, 6) is -0.393. The van der Waals surface area contributed by atoms with Crippen LogP contribution >= 0.6 is 0 Å². The summed E-state index contributed by atoms with van der Waals surface area (Å²) in [7, 11) is 0. The number of hydrogen-bond acceptors (Lipinski definition) is 6. The predicted molar refractivity (Wildman–Crippen MR) is 108 cm³/mol. The van der Waals surface area contributed by atoms with Gasteiger partial charge in [-0.25, -0.2) is 5.48 Å². The maximum absolute atomic E-state index is 11.6. The Kier molecular flexibility index (Phi) is 7.02. The number of piperazine rings is 2. The van der Waals surface area contributed by atoms with Gasteiger partial charge < -0.3 is 15.1 Å². The Morgan fingerprint density at radius 3 is 2.68 bits per heavy atom. The molecular weight excluding hydrogens is 358 g/mol. The van der Waals surface area contributed by atoms with Crippen molar-refractivity contribution in [2.45, 2.75) is 13.0 Å². The topological polar surface area (TPSA) is 88.2 Å². The first kappa shape index (κ1) is 20.3. The van der Waals surface area contributed by atoms with Crippen LogP contribution in [0.15, 0.2) is 30.3 Å². The van der Waals surface area contributed by atoms with Gasteiger partial charge in [0.2, 0.25) is 5.91 Å². The van der Waals surface area contributed by atoms with Crippen molar-refractivity contribution < 1.29 is 14.8 Å². The smallest absolute Gasteiger partial charge is 0.267 e. The molecule has 0 saturated carbocycles. The molecule has 0 bridgehead atoms. The monoisotopic (exact) mass is 387 g/mol. The molecule has 152 valence electrons. The third-order valence-corrected chi connectivity index (χ3v) is 5.35. The van der Waals surface area contributed by atoms with Crippen molar-refractivity contribution in [1.29, 1.82) is 0 Å². The minimum absolute atomic E-state index is 0.149. The van der Waals surface area contributed by atoms with Gasteiger partial charge in [-0.15, -0.1) is 0 Å². The van der Waals surface area contributed by atoms with Gasteiger partial charge in [-0.05, 0) is 17.7 Å². The van der Waals surface area contributed by atoms with Crippen molar-refractivity contribution >= 4 is 23.6 Å². The van der Waals surface area contributed by atoms with Crippen LogP contribution in [-0.2, 0) is 9.59 Å². The molecule has 0 aromatic heterocycles. The van der Waals surface area contributed by atoms with Gasteiger partial charge in [-0.2, -0.15) is 0 Å². The lowest BCUT2D eigenvalue weighted by molar-refractivity contribution is -0.130. The van der Waals surface area contributed by atoms with Crippen LogP contribution in [0.4, 0.5) is 5.69 Å². The number of nitrogens with one attached hydrogen (secondary N) is 2. The second kappa shape index (κ2) is 9.68. The molecule has 8 heteroatoms. The van der Waals surface area contributed by atoms with E-state index in [1.807, 2.05) is 23.1 Å². The van der Waals surface area contributed by atoms with Crippen molar-refractivity contribution in [3.8, 4) is 0 Å². The Balaban J connectivity index is 1.55. The number of rotatable bonds is 5. The van der Waals surface area contributed by atoms with E-state index in [-0.39, 0.29) is 5.91 Å². The molecule has 2 saturated heterocycles. The first-order valence-electron chi connectivity index (χ1n) is 9.74. The van der Waals surface area contributed by atoms with Crippen LogP contribution in [0.1, 0.15) is 12.5 Å². The number of nitrogens with zero attached hydrogens (tertiary/aromatic N) is 3. The van der Waals surface area contributed by atoms with Crippen molar-refractivity contribution in [3.05, 3.63) is 35.9 Å². The van der Waals surface area contributed by atoms with E-state index >= 15 is 0 Å². The van der Waals surface area contributed by atoms with E-state index in [1.165, 1.54) is 6.08 Å². The van der Waals surface area contributed by atoms with Crippen molar-refractivity contribution in [1.82, 2.24) is 20.6 Å². The Hall–Kier alpha value is -2.42. The first-order valence-corrected chi connectivity index (χ1v) is 9.74. The average Bonchev–Trinajstić information content (AvgIpc) is 2.73. The van der Waals surface area contributed by atoms with Gasteiger partial charge in [0.15, 0.2) is 0 Å². The summed E-state index contributed by atoms with van der Waals surface area (Å²) < 4.78 is 0. The molecule has 2 fully saturated rings. The van der Waals surface area contributed by atoms with Gasteiger partial charge in [-0.1, -0.05) is 18.2 Å². The number of anilines is 1. The van der Waals surface area contributed by atoms with Crippen LogP contribution in [0.2, 0.25) is 0 Å². The Bertz CT molecular complexity index is 716. The molecule has 3 rings (SSSR count). The van der Waals surface area contributed by atoms with Crippen molar-refractivity contribution in [2.24, 2.45) is 0 Å². The summed E-state index contributed by atoms with van der Waals surface area (Å²) in [6.07, 6.45) is 3.04. The van der Waals surface area contributed by atoms with E-state index in [4.69, 9.17) is 5.21 Å². The second-order valence-corrected chi connectivity index (χ2v) is 7.27. The molecule has 2 amide bonds. The van der Waals surface area contributed by atoms with E-state index < -0.39 is 5.91 Å². The zero-order valence-electron chi connectivity index (χ0n) is 16.3. The fourth-order valence-corrected chi connectivity index (χ4v) is 3.84. The van der Waals surface area contributed by atoms with Crippen LogP contribution in [0.25, 0.3) is 6.08 Å². The molecule has 1 aromatic rings.